The summed E-state index contributed by atoms with van der Waals surface area (Å²) >= 11 is 0. The van der Waals surface area contributed by atoms with Gasteiger partial charge in [-0.15, -0.1) is 0 Å². The van der Waals surface area contributed by atoms with Crippen molar-refractivity contribution in [1.82, 2.24) is 10.2 Å². The second-order valence-corrected chi connectivity index (χ2v) is 3.54. The first kappa shape index (κ1) is 14.6. The summed E-state index contributed by atoms with van der Waals surface area (Å²) in [6.07, 6.45) is 2.13. The fourth-order valence-corrected chi connectivity index (χ4v) is 1.21. The Morgan fingerprint density at radius 2 is 2.00 bits per heavy atom. The quantitative estimate of drug-likeness (QED) is 0.622. The topological polar surface area (TPSA) is 69.6 Å². The average molecular weight is 228 g/mol. The molecule has 0 unspecified atom stereocenters. The molecule has 16 heavy (non-hydrogen) atoms. The van der Waals surface area contributed by atoms with Crippen LogP contribution < -0.4 is 5.32 Å². The maximum Gasteiger partial charge on any atom is 0.331 e. The molecule has 5 heteroatoms. The molecular weight excluding hydrogens is 208 g/mol. The van der Waals surface area contributed by atoms with E-state index < -0.39 is 5.97 Å². The lowest BCUT2D eigenvalue weighted by Gasteiger charge is -2.13. The molecule has 1 amide bonds. The van der Waals surface area contributed by atoms with Gasteiger partial charge in [-0.2, -0.15) is 0 Å². The van der Waals surface area contributed by atoms with E-state index in [0.717, 1.165) is 0 Å². The molecule has 0 aromatic heterocycles. The van der Waals surface area contributed by atoms with Crippen LogP contribution in [0.25, 0.3) is 0 Å². The molecule has 5 nitrogen and oxygen atoms in total. The van der Waals surface area contributed by atoms with Crippen LogP contribution in [0.2, 0.25) is 0 Å². The van der Waals surface area contributed by atoms with E-state index in [9.17, 15) is 9.59 Å². The molecule has 0 aliphatic carbocycles. The number of carboxylic acids is 1. The predicted octanol–water partition coefficient (Wildman–Crippen LogP) is 0.475. The van der Waals surface area contributed by atoms with E-state index in [1.807, 2.05) is 6.92 Å². The summed E-state index contributed by atoms with van der Waals surface area (Å²) in [6, 6.07) is 0. The van der Waals surface area contributed by atoms with Crippen molar-refractivity contribution < 1.29 is 14.7 Å². The summed E-state index contributed by atoms with van der Waals surface area (Å²) in [4.78, 5) is 23.7. The highest BCUT2D eigenvalue weighted by atomic mass is 16.4. The number of rotatable bonds is 7. The largest absolute Gasteiger partial charge is 0.478 e. The zero-order valence-electron chi connectivity index (χ0n) is 10.1. The molecule has 0 rings (SSSR count). The van der Waals surface area contributed by atoms with Crippen molar-refractivity contribution in [3.63, 3.8) is 0 Å². The Labute approximate surface area is 96.1 Å². The van der Waals surface area contributed by atoms with Crippen molar-refractivity contribution in [2.45, 2.75) is 20.3 Å². The molecule has 2 N–H and O–H groups in total. The molecule has 0 radical (unpaired) electrons. The lowest BCUT2D eigenvalue weighted by molar-refractivity contribution is -0.132. The van der Waals surface area contributed by atoms with Crippen LogP contribution in [0.5, 0.6) is 0 Å². The number of carboxylic acid groups (broad SMARTS) is 1. The second kappa shape index (κ2) is 7.87. The maximum atomic E-state index is 11.2. The van der Waals surface area contributed by atoms with Gasteiger partial charge >= 0.3 is 5.97 Å². The van der Waals surface area contributed by atoms with Gasteiger partial charge in [-0.05, 0) is 20.4 Å². The molecule has 0 aliphatic rings. The number of nitrogens with one attached hydrogen (secondary N) is 1. The van der Waals surface area contributed by atoms with Gasteiger partial charge in [-0.3, -0.25) is 9.69 Å². The number of likely N-dealkylation sites (N-methyl/N-ethyl adjacent to an activating group) is 2. The van der Waals surface area contributed by atoms with E-state index in [1.165, 1.54) is 0 Å². The highest BCUT2D eigenvalue weighted by Gasteiger charge is 2.06. The van der Waals surface area contributed by atoms with Crippen LogP contribution in [0, 0.1) is 0 Å². The van der Waals surface area contributed by atoms with Gasteiger partial charge in [0.15, 0.2) is 0 Å². The van der Waals surface area contributed by atoms with Crippen LogP contribution in [0.4, 0.5) is 0 Å². The number of aliphatic carboxylic acids is 1. The van der Waals surface area contributed by atoms with Gasteiger partial charge < -0.3 is 10.4 Å². The Balaban J connectivity index is 4.09. The number of carbonyl (C=O) groups excluding carboxylic acids is 1. The van der Waals surface area contributed by atoms with Crippen molar-refractivity contribution in [2.75, 3.05) is 26.7 Å². The number of nitrogens with zero attached hydrogens (tertiary/aromatic N) is 1. The minimum absolute atomic E-state index is 0.0493. The number of hydrogen-bond acceptors (Lipinski definition) is 3. The van der Waals surface area contributed by atoms with Gasteiger partial charge in [-0.1, -0.05) is 13.0 Å². The van der Waals surface area contributed by atoms with Crippen LogP contribution in [-0.4, -0.2) is 48.6 Å². The monoisotopic (exact) mass is 228 g/mol. The van der Waals surface area contributed by atoms with Gasteiger partial charge in [0.1, 0.15) is 0 Å². The number of hydrogen-bond donors (Lipinski definition) is 2. The van der Waals surface area contributed by atoms with Crippen molar-refractivity contribution in [2.24, 2.45) is 0 Å². The summed E-state index contributed by atoms with van der Waals surface area (Å²) in [5, 5.41) is 11.5. The van der Waals surface area contributed by atoms with Gasteiger partial charge in [0.2, 0.25) is 5.91 Å². The Kier molecular flexibility index (Phi) is 7.20. The first-order valence-corrected chi connectivity index (χ1v) is 5.38. The first-order chi connectivity index (χ1) is 7.51. The summed E-state index contributed by atoms with van der Waals surface area (Å²) in [6.45, 7) is 5.01. The molecule has 0 aliphatic heterocycles. The van der Waals surface area contributed by atoms with E-state index in [4.69, 9.17) is 5.11 Å². The minimum atomic E-state index is -0.895. The van der Waals surface area contributed by atoms with E-state index in [-0.39, 0.29) is 12.5 Å². The average Bonchev–Trinajstić information content (AvgIpc) is 2.18. The van der Waals surface area contributed by atoms with Crippen LogP contribution in [0.1, 0.15) is 20.3 Å². The molecule has 0 aromatic rings. The second-order valence-electron chi connectivity index (χ2n) is 3.54. The van der Waals surface area contributed by atoms with Crippen LogP contribution >= 0.6 is 0 Å². The normalized spacial score (nSPS) is 11.6. The summed E-state index contributed by atoms with van der Waals surface area (Å²) in [5.74, 6) is -0.944. The molecule has 0 saturated carbocycles. The van der Waals surface area contributed by atoms with Gasteiger partial charge in [0, 0.05) is 18.7 Å². The predicted molar refractivity (Wildman–Crippen MR) is 62.2 cm³/mol. The Hall–Kier alpha value is -1.36. The van der Waals surface area contributed by atoms with Crippen LogP contribution in [0.15, 0.2) is 11.6 Å². The molecule has 92 valence electrons. The molecule has 0 heterocycles. The van der Waals surface area contributed by atoms with Gasteiger partial charge in [0.25, 0.3) is 0 Å². The molecule has 0 bridgehead atoms. The lowest BCUT2D eigenvalue weighted by Crippen LogP contribution is -2.35. The third-order valence-electron chi connectivity index (χ3n) is 2.09. The van der Waals surface area contributed by atoms with Crippen LogP contribution in [0.3, 0.4) is 0 Å². The first-order valence-electron chi connectivity index (χ1n) is 5.38. The molecule has 0 spiro atoms. The van der Waals surface area contributed by atoms with Crippen molar-refractivity contribution in [1.29, 1.82) is 0 Å². The zero-order valence-corrected chi connectivity index (χ0v) is 10.1. The van der Waals surface area contributed by atoms with Crippen molar-refractivity contribution >= 4 is 11.9 Å². The van der Waals surface area contributed by atoms with E-state index in [0.29, 0.717) is 25.1 Å². The standard InChI is InChI=1S/C11H20N2O3/c1-4-9(11(15)16)6-7-13(3)8-10(14)12-5-2/h6H,4-5,7-8H2,1-3H3,(H,12,14)(H,15,16). The molecular formula is C11H20N2O3. The van der Waals surface area contributed by atoms with Gasteiger partial charge in [-0.25, -0.2) is 4.79 Å². The fraction of sp³-hybridized carbons (Fsp3) is 0.636. The Bertz CT molecular complexity index is 274. The summed E-state index contributed by atoms with van der Waals surface area (Å²) < 4.78 is 0. The van der Waals surface area contributed by atoms with Crippen molar-refractivity contribution in [3.8, 4) is 0 Å². The summed E-state index contributed by atoms with van der Waals surface area (Å²) in [5.41, 5.74) is 0.378. The fourth-order valence-electron chi connectivity index (χ4n) is 1.21. The van der Waals surface area contributed by atoms with E-state index >= 15 is 0 Å². The number of carbonyl (C=O) groups is 2. The highest BCUT2D eigenvalue weighted by molar-refractivity contribution is 5.86. The minimum Gasteiger partial charge on any atom is -0.478 e. The van der Waals surface area contributed by atoms with Crippen LogP contribution in [-0.2, 0) is 9.59 Å². The molecule has 0 aromatic carbocycles. The lowest BCUT2D eigenvalue weighted by atomic mass is 10.2. The maximum absolute atomic E-state index is 11.2. The van der Waals surface area contributed by atoms with E-state index in [2.05, 4.69) is 5.32 Å². The Morgan fingerprint density at radius 1 is 1.38 bits per heavy atom. The number of amides is 1. The van der Waals surface area contributed by atoms with Gasteiger partial charge in [0.05, 0.1) is 6.54 Å². The smallest absolute Gasteiger partial charge is 0.331 e. The third-order valence-corrected chi connectivity index (χ3v) is 2.09. The SMILES string of the molecule is CCNC(=O)CN(C)CC=C(CC)C(=O)O. The third kappa shape index (κ3) is 6.19. The highest BCUT2D eigenvalue weighted by Crippen LogP contribution is 2.00. The molecule has 0 atom stereocenters. The Morgan fingerprint density at radius 3 is 2.44 bits per heavy atom. The zero-order chi connectivity index (χ0) is 12.6. The molecule has 0 fully saturated rings. The van der Waals surface area contributed by atoms with Crippen molar-refractivity contribution in [3.05, 3.63) is 11.6 Å². The summed E-state index contributed by atoms with van der Waals surface area (Å²) in [7, 11) is 1.78. The molecule has 0 saturated heterocycles. The van der Waals surface area contributed by atoms with E-state index in [1.54, 1.807) is 24.9 Å².